The Bertz CT molecular complexity index is 438. The molecule has 0 saturated heterocycles. The van der Waals surface area contributed by atoms with Crippen LogP contribution in [-0.2, 0) is 6.42 Å². The maximum Gasteiger partial charge on any atom is 0.0933 e. The highest BCUT2D eigenvalue weighted by atomic mass is 79.9. The molecule has 0 radical (unpaired) electrons. The quantitative estimate of drug-likeness (QED) is 0.736. The molecule has 0 aromatic carbocycles. The minimum Gasteiger partial charge on any atom is -0.240 e. The third-order valence-electron chi connectivity index (χ3n) is 1.90. The number of hydrogen-bond acceptors (Lipinski definition) is 3. The Balaban J connectivity index is 2.13. The summed E-state index contributed by atoms with van der Waals surface area (Å²) >= 11 is 12.5. The van der Waals surface area contributed by atoms with Gasteiger partial charge in [-0.15, -0.1) is 34.3 Å². The van der Waals surface area contributed by atoms with Crippen molar-refractivity contribution >= 4 is 50.2 Å². The van der Waals surface area contributed by atoms with Crippen molar-refractivity contribution in [3.05, 3.63) is 26.3 Å². The zero-order valence-electron chi connectivity index (χ0n) is 7.87. The molecule has 2 aromatic rings. The predicted octanol–water partition coefficient (Wildman–Crippen LogP) is 4.81. The second-order valence-corrected chi connectivity index (χ2v) is 6.20. The third-order valence-corrected chi connectivity index (χ3v) is 4.79. The Labute approximate surface area is 110 Å². The number of aryl methyl sites for hydroxylation is 1. The number of hydrogen-bond donors (Lipinski definition) is 0. The number of halogens is 2. The molecule has 0 amide bonds. The average molecular weight is 323 g/mol. The van der Waals surface area contributed by atoms with Gasteiger partial charge in [-0.25, -0.2) is 4.98 Å². The van der Waals surface area contributed by atoms with E-state index in [2.05, 4.69) is 37.7 Å². The van der Waals surface area contributed by atoms with Crippen LogP contribution in [0.25, 0.3) is 10.6 Å². The first kappa shape index (κ1) is 11.6. The van der Waals surface area contributed by atoms with Gasteiger partial charge in [-0.2, -0.15) is 0 Å². The van der Waals surface area contributed by atoms with Gasteiger partial charge in [0.1, 0.15) is 0 Å². The van der Waals surface area contributed by atoms with E-state index in [9.17, 15) is 0 Å². The van der Waals surface area contributed by atoms with Crippen LogP contribution in [0.4, 0.5) is 0 Å². The number of aromatic nitrogens is 1. The molecular weight excluding hydrogens is 314 g/mol. The molecule has 80 valence electrons. The summed E-state index contributed by atoms with van der Waals surface area (Å²) in [6.45, 7) is 0. The summed E-state index contributed by atoms with van der Waals surface area (Å²) in [5.41, 5.74) is 1.08. The van der Waals surface area contributed by atoms with E-state index >= 15 is 0 Å². The topological polar surface area (TPSA) is 12.9 Å². The van der Waals surface area contributed by atoms with E-state index < -0.39 is 0 Å². The molecule has 0 spiro atoms. The van der Waals surface area contributed by atoms with E-state index in [1.54, 1.807) is 22.7 Å². The first-order valence-electron chi connectivity index (χ1n) is 4.54. The van der Waals surface area contributed by atoms with Gasteiger partial charge >= 0.3 is 0 Å². The van der Waals surface area contributed by atoms with Crippen molar-refractivity contribution in [1.82, 2.24) is 4.98 Å². The van der Waals surface area contributed by atoms with Crippen LogP contribution in [0.2, 0.25) is 0 Å². The van der Waals surface area contributed by atoms with Crippen molar-refractivity contribution in [1.29, 1.82) is 0 Å². The van der Waals surface area contributed by atoms with Crippen LogP contribution >= 0.6 is 50.2 Å². The Morgan fingerprint density at radius 2 is 2.20 bits per heavy atom. The molecule has 0 atom stereocenters. The fourth-order valence-electron chi connectivity index (χ4n) is 1.20. The standard InChI is InChI=1S/C10H9BrClNS2/c11-7-4-9(14-5-7)8-6-15-10(13-8)2-1-3-12/h4-6H,1-3H2. The molecule has 2 rings (SSSR count). The van der Waals surface area contributed by atoms with Crippen molar-refractivity contribution in [2.75, 3.05) is 5.88 Å². The highest BCUT2D eigenvalue weighted by Gasteiger charge is 2.06. The lowest BCUT2D eigenvalue weighted by atomic mass is 10.3. The molecular formula is C10H9BrClNS2. The second-order valence-electron chi connectivity index (χ2n) is 3.05. The van der Waals surface area contributed by atoms with Crippen LogP contribution in [0.5, 0.6) is 0 Å². The number of alkyl halides is 1. The Morgan fingerprint density at radius 3 is 2.87 bits per heavy atom. The lowest BCUT2D eigenvalue weighted by Gasteiger charge is -1.90. The fourth-order valence-corrected chi connectivity index (χ4v) is 3.64. The van der Waals surface area contributed by atoms with Crippen LogP contribution < -0.4 is 0 Å². The Kier molecular flexibility index (Phi) is 4.20. The van der Waals surface area contributed by atoms with E-state index in [4.69, 9.17) is 11.6 Å². The van der Waals surface area contributed by atoms with Crippen LogP contribution in [0.1, 0.15) is 11.4 Å². The molecule has 2 aromatic heterocycles. The van der Waals surface area contributed by atoms with E-state index in [0.717, 1.165) is 23.0 Å². The largest absolute Gasteiger partial charge is 0.240 e. The highest BCUT2D eigenvalue weighted by Crippen LogP contribution is 2.30. The molecule has 0 bridgehead atoms. The first-order valence-corrected chi connectivity index (χ1v) is 7.63. The Morgan fingerprint density at radius 1 is 1.33 bits per heavy atom. The van der Waals surface area contributed by atoms with Crippen molar-refractivity contribution in [2.45, 2.75) is 12.8 Å². The molecule has 0 saturated carbocycles. The van der Waals surface area contributed by atoms with Gasteiger partial charge in [-0.05, 0) is 28.4 Å². The molecule has 5 heteroatoms. The number of rotatable bonds is 4. The molecule has 1 nitrogen and oxygen atoms in total. The van der Waals surface area contributed by atoms with Crippen molar-refractivity contribution < 1.29 is 0 Å². The minimum absolute atomic E-state index is 0.708. The van der Waals surface area contributed by atoms with Crippen molar-refractivity contribution in [3.63, 3.8) is 0 Å². The monoisotopic (exact) mass is 321 g/mol. The first-order chi connectivity index (χ1) is 7.29. The molecule has 0 unspecified atom stereocenters. The van der Waals surface area contributed by atoms with Gasteiger partial charge in [0.2, 0.25) is 0 Å². The van der Waals surface area contributed by atoms with E-state index in [0.29, 0.717) is 5.88 Å². The van der Waals surface area contributed by atoms with Crippen LogP contribution in [-0.4, -0.2) is 10.9 Å². The number of thiazole rings is 1. The van der Waals surface area contributed by atoms with Gasteiger partial charge < -0.3 is 0 Å². The summed E-state index contributed by atoms with van der Waals surface area (Å²) in [5, 5.41) is 5.37. The zero-order chi connectivity index (χ0) is 10.7. The maximum absolute atomic E-state index is 5.65. The molecule has 2 heterocycles. The van der Waals surface area contributed by atoms with Crippen molar-refractivity contribution in [2.24, 2.45) is 0 Å². The molecule has 0 N–H and O–H groups in total. The highest BCUT2D eigenvalue weighted by molar-refractivity contribution is 9.10. The zero-order valence-corrected chi connectivity index (χ0v) is 11.8. The van der Waals surface area contributed by atoms with E-state index in [1.165, 1.54) is 9.88 Å². The summed E-state index contributed by atoms with van der Waals surface area (Å²) in [5.74, 6) is 0.708. The summed E-state index contributed by atoms with van der Waals surface area (Å²) in [7, 11) is 0. The van der Waals surface area contributed by atoms with Gasteiger partial charge in [-0.1, -0.05) is 0 Å². The van der Waals surface area contributed by atoms with Crippen molar-refractivity contribution in [3.8, 4) is 10.6 Å². The van der Waals surface area contributed by atoms with E-state index in [-0.39, 0.29) is 0 Å². The second kappa shape index (κ2) is 5.43. The summed E-state index contributed by atoms with van der Waals surface area (Å²) in [4.78, 5) is 5.80. The number of thiophene rings is 1. The molecule has 15 heavy (non-hydrogen) atoms. The van der Waals surface area contributed by atoms with Crippen LogP contribution in [0, 0.1) is 0 Å². The summed E-state index contributed by atoms with van der Waals surface area (Å²) < 4.78 is 1.12. The lowest BCUT2D eigenvalue weighted by Crippen LogP contribution is -1.84. The SMILES string of the molecule is ClCCCc1nc(-c2cc(Br)cs2)cs1. The molecule has 0 aliphatic heterocycles. The third kappa shape index (κ3) is 3.03. The fraction of sp³-hybridized carbons (Fsp3) is 0.300. The van der Waals surface area contributed by atoms with Crippen LogP contribution in [0.3, 0.4) is 0 Å². The summed E-state index contributed by atoms with van der Waals surface area (Å²) in [6.07, 6.45) is 1.99. The predicted molar refractivity (Wildman–Crippen MR) is 72.2 cm³/mol. The minimum atomic E-state index is 0.708. The Hall–Kier alpha value is 0.1000. The smallest absolute Gasteiger partial charge is 0.0933 e. The van der Waals surface area contributed by atoms with Gasteiger partial charge in [0.15, 0.2) is 0 Å². The van der Waals surface area contributed by atoms with E-state index in [1.807, 2.05) is 0 Å². The maximum atomic E-state index is 5.65. The van der Waals surface area contributed by atoms with Gasteiger partial charge in [0.25, 0.3) is 0 Å². The van der Waals surface area contributed by atoms with Crippen LogP contribution in [0.15, 0.2) is 21.3 Å². The molecule has 0 aliphatic carbocycles. The normalized spacial score (nSPS) is 10.8. The van der Waals surface area contributed by atoms with Gasteiger partial charge in [0, 0.05) is 27.5 Å². The average Bonchev–Trinajstić information content (AvgIpc) is 2.83. The van der Waals surface area contributed by atoms with Gasteiger partial charge in [-0.3, -0.25) is 0 Å². The summed E-state index contributed by atoms with van der Waals surface area (Å²) in [6, 6.07) is 2.10. The molecule has 0 fully saturated rings. The number of nitrogens with zero attached hydrogens (tertiary/aromatic N) is 1. The molecule has 0 aliphatic rings. The van der Waals surface area contributed by atoms with Gasteiger partial charge in [0.05, 0.1) is 15.6 Å². The lowest BCUT2D eigenvalue weighted by molar-refractivity contribution is 0.916.